The Balaban J connectivity index is 1.75. The van der Waals surface area contributed by atoms with Crippen LogP contribution in [0.15, 0.2) is 48.8 Å². The Morgan fingerprint density at radius 3 is 2.62 bits per heavy atom. The first kappa shape index (κ1) is 20.7. The summed E-state index contributed by atoms with van der Waals surface area (Å²) in [5, 5.41) is 8.01. The molecule has 29 heavy (non-hydrogen) atoms. The second-order valence-corrected chi connectivity index (χ2v) is 7.82. The maximum atomic E-state index is 14.7. The standard InChI is InChI=1S/C23H27FN4O/c1-15(2)20(25)11-16(3)27(4)23(29)18-10-9-17(12-19(18)24)13-28-14-26-21-7-5-6-8-22(21)28/h5-10,12,14-16,25H,11,13H2,1-4H3/t16-/m1/s1. The SMILES string of the molecule is CC(C)C(=N)C[C@@H](C)N(C)C(=O)c1ccc(Cn2cnc3ccccc32)cc1F. The van der Waals surface area contributed by atoms with E-state index in [1.165, 1.54) is 11.0 Å². The summed E-state index contributed by atoms with van der Waals surface area (Å²) in [6.45, 7) is 6.27. The number of carbonyl (C=O) groups excluding carboxylic acids is 1. The summed E-state index contributed by atoms with van der Waals surface area (Å²) in [5.41, 5.74) is 3.27. The fourth-order valence-electron chi connectivity index (χ4n) is 3.24. The zero-order valence-corrected chi connectivity index (χ0v) is 17.3. The molecule has 3 rings (SSSR count). The average Bonchev–Trinajstić information content (AvgIpc) is 3.09. The number of fused-ring (bicyclic) bond motifs is 1. The van der Waals surface area contributed by atoms with Crippen LogP contribution in [-0.2, 0) is 6.54 Å². The molecule has 1 amide bonds. The predicted octanol–water partition coefficient (Wildman–Crippen LogP) is 4.75. The highest BCUT2D eigenvalue weighted by Gasteiger charge is 2.22. The van der Waals surface area contributed by atoms with Gasteiger partial charge in [0, 0.05) is 31.8 Å². The van der Waals surface area contributed by atoms with Crippen molar-refractivity contribution in [1.82, 2.24) is 14.5 Å². The van der Waals surface area contributed by atoms with Crippen LogP contribution >= 0.6 is 0 Å². The molecule has 1 N–H and O–H groups in total. The van der Waals surface area contributed by atoms with Crippen molar-refractivity contribution in [1.29, 1.82) is 5.41 Å². The minimum Gasteiger partial charge on any atom is -0.339 e. The number of hydrogen-bond acceptors (Lipinski definition) is 3. The van der Waals surface area contributed by atoms with Crippen LogP contribution in [0, 0.1) is 17.1 Å². The van der Waals surface area contributed by atoms with E-state index in [-0.39, 0.29) is 23.4 Å². The molecule has 0 unspecified atom stereocenters. The lowest BCUT2D eigenvalue weighted by Crippen LogP contribution is -2.37. The molecule has 152 valence electrons. The number of rotatable bonds is 7. The molecular formula is C23H27FN4O. The predicted molar refractivity (Wildman–Crippen MR) is 114 cm³/mol. The van der Waals surface area contributed by atoms with Gasteiger partial charge in [-0.05, 0) is 42.7 Å². The van der Waals surface area contributed by atoms with E-state index in [1.54, 1.807) is 25.5 Å². The first-order valence-corrected chi connectivity index (χ1v) is 9.80. The van der Waals surface area contributed by atoms with E-state index in [0.29, 0.717) is 18.7 Å². The Morgan fingerprint density at radius 2 is 1.93 bits per heavy atom. The van der Waals surface area contributed by atoms with Gasteiger partial charge in [0.2, 0.25) is 0 Å². The summed E-state index contributed by atoms with van der Waals surface area (Å²) in [6, 6.07) is 12.3. The molecule has 1 heterocycles. The monoisotopic (exact) mass is 394 g/mol. The van der Waals surface area contributed by atoms with Gasteiger partial charge in [0.15, 0.2) is 0 Å². The molecule has 1 aromatic heterocycles. The number of hydrogen-bond donors (Lipinski definition) is 1. The van der Waals surface area contributed by atoms with Crippen molar-refractivity contribution in [3.63, 3.8) is 0 Å². The Morgan fingerprint density at radius 1 is 1.21 bits per heavy atom. The van der Waals surface area contributed by atoms with Gasteiger partial charge in [-0.15, -0.1) is 0 Å². The molecule has 0 saturated heterocycles. The van der Waals surface area contributed by atoms with Crippen molar-refractivity contribution in [2.75, 3.05) is 7.05 Å². The molecule has 0 aliphatic heterocycles. The molecular weight excluding hydrogens is 367 g/mol. The minimum atomic E-state index is -0.532. The highest BCUT2D eigenvalue weighted by Crippen LogP contribution is 2.18. The molecule has 0 spiro atoms. The zero-order chi connectivity index (χ0) is 21.1. The van der Waals surface area contributed by atoms with Gasteiger partial charge in [-0.2, -0.15) is 0 Å². The third kappa shape index (κ3) is 4.53. The van der Waals surface area contributed by atoms with E-state index in [1.807, 2.05) is 49.6 Å². The van der Waals surface area contributed by atoms with Gasteiger partial charge in [0.25, 0.3) is 5.91 Å². The maximum Gasteiger partial charge on any atom is 0.256 e. The van der Waals surface area contributed by atoms with Crippen LogP contribution in [0.1, 0.15) is 43.1 Å². The number of aromatic nitrogens is 2. The summed E-state index contributed by atoms with van der Waals surface area (Å²) >= 11 is 0. The van der Waals surface area contributed by atoms with Crippen LogP contribution in [0.4, 0.5) is 4.39 Å². The Hall–Kier alpha value is -3.02. The van der Waals surface area contributed by atoms with Gasteiger partial charge in [-0.3, -0.25) is 4.79 Å². The van der Waals surface area contributed by atoms with Crippen LogP contribution in [-0.4, -0.2) is 39.2 Å². The first-order chi connectivity index (χ1) is 13.8. The largest absolute Gasteiger partial charge is 0.339 e. The second-order valence-electron chi connectivity index (χ2n) is 7.82. The van der Waals surface area contributed by atoms with Crippen LogP contribution in [0.5, 0.6) is 0 Å². The summed E-state index contributed by atoms with van der Waals surface area (Å²) in [5.74, 6) is -0.766. The van der Waals surface area contributed by atoms with E-state index in [9.17, 15) is 9.18 Å². The number of nitrogens with one attached hydrogen (secondary N) is 1. The number of benzene rings is 2. The molecule has 2 aromatic carbocycles. The normalized spacial score (nSPS) is 12.3. The zero-order valence-electron chi connectivity index (χ0n) is 17.3. The number of halogens is 1. The van der Waals surface area contributed by atoms with Crippen molar-refractivity contribution < 1.29 is 9.18 Å². The Labute approximate surface area is 170 Å². The summed E-state index contributed by atoms with van der Waals surface area (Å²) < 4.78 is 16.7. The van der Waals surface area contributed by atoms with Crippen molar-refractivity contribution in [2.24, 2.45) is 5.92 Å². The quantitative estimate of drug-likeness (QED) is 0.588. The minimum absolute atomic E-state index is 0.0506. The highest BCUT2D eigenvalue weighted by molar-refractivity contribution is 5.95. The lowest BCUT2D eigenvalue weighted by Gasteiger charge is -2.26. The van der Waals surface area contributed by atoms with Crippen molar-refractivity contribution >= 4 is 22.7 Å². The van der Waals surface area contributed by atoms with Gasteiger partial charge in [-0.1, -0.05) is 32.0 Å². The third-order valence-electron chi connectivity index (χ3n) is 5.34. The molecule has 0 radical (unpaired) electrons. The first-order valence-electron chi connectivity index (χ1n) is 9.80. The molecule has 0 aliphatic rings. The van der Waals surface area contributed by atoms with E-state index in [4.69, 9.17) is 5.41 Å². The van der Waals surface area contributed by atoms with E-state index in [2.05, 4.69) is 4.98 Å². The van der Waals surface area contributed by atoms with Crippen LogP contribution in [0.25, 0.3) is 11.0 Å². The Bertz CT molecular complexity index is 1040. The van der Waals surface area contributed by atoms with Crippen LogP contribution in [0.3, 0.4) is 0 Å². The van der Waals surface area contributed by atoms with Gasteiger partial charge in [-0.25, -0.2) is 9.37 Å². The van der Waals surface area contributed by atoms with Crippen LogP contribution in [0.2, 0.25) is 0 Å². The fraction of sp³-hybridized carbons (Fsp3) is 0.348. The molecule has 0 saturated carbocycles. The highest BCUT2D eigenvalue weighted by atomic mass is 19.1. The lowest BCUT2D eigenvalue weighted by atomic mass is 10.0. The third-order valence-corrected chi connectivity index (χ3v) is 5.34. The number of carbonyl (C=O) groups is 1. The second kappa shape index (κ2) is 8.55. The Kier molecular flexibility index (Phi) is 6.11. The summed E-state index contributed by atoms with van der Waals surface area (Å²) in [7, 11) is 1.66. The van der Waals surface area contributed by atoms with Gasteiger partial charge >= 0.3 is 0 Å². The molecule has 6 heteroatoms. The smallest absolute Gasteiger partial charge is 0.256 e. The maximum absolute atomic E-state index is 14.7. The van der Waals surface area contributed by atoms with Gasteiger partial charge < -0.3 is 14.9 Å². The summed E-state index contributed by atoms with van der Waals surface area (Å²) in [6.07, 6.45) is 2.22. The number of amides is 1. The lowest BCUT2D eigenvalue weighted by molar-refractivity contribution is 0.0742. The van der Waals surface area contributed by atoms with Crippen molar-refractivity contribution in [2.45, 2.75) is 39.8 Å². The van der Waals surface area contributed by atoms with Gasteiger partial charge in [0.05, 0.1) is 22.9 Å². The van der Waals surface area contributed by atoms with E-state index >= 15 is 0 Å². The van der Waals surface area contributed by atoms with Crippen LogP contribution < -0.4 is 0 Å². The molecule has 0 bridgehead atoms. The fourth-order valence-corrected chi connectivity index (χ4v) is 3.24. The molecule has 5 nitrogen and oxygen atoms in total. The molecule has 0 fully saturated rings. The molecule has 3 aromatic rings. The van der Waals surface area contributed by atoms with Crippen molar-refractivity contribution in [3.8, 4) is 0 Å². The summed E-state index contributed by atoms with van der Waals surface area (Å²) in [4.78, 5) is 18.6. The average molecular weight is 394 g/mol. The number of para-hydroxylation sites is 2. The molecule has 0 aliphatic carbocycles. The topological polar surface area (TPSA) is 62.0 Å². The number of imidazole rings is 1. The van der Waals surface area contributed by atoms with E-state index in [0.717, 1.165) is 16.6 Å². The van der Waals surface area contributed by atoms with Crippen molar-refractivity contribution in [3.05, 3.63) is 65.7 Å². The number of nitrogens with zero attached hydrogens (tertiary/aromatic N) is 3. The van der Waals surface area contributed by atoms with Gasteiger partial charge in [0.1, 0.15) is 5.82 Å². The van der Waals surface area contributed by atoms with E-state index < -0.39 is 5.82 Å². The molecule has 1 atom stereocenters.